The average molecular weight is 327 g/mol. The Hall–Kier alpha value is -2.21. The summed E-state index contributed by atoms with van der Waals surface area (Å²) in [7, 11) is 0. The van der Waals surface area contributed by atoms with Crippen LogP contribution in [-0.4, -0.2) is 21.5 Å². The van der Waals surface area contributed by atoms with Crippen molar-refractivity contribution in [3.8, 4) is 0 Å². The zero-order valence-electron chi connectivity index (χ0n) is 12.6. The van der Waals surface area contributed by atoms with Crippen LogP contribution >= 0.6 is 11.3 Å². The van der Waals surface area contributed by atoms with E-state index in [4.69, 9.17) is 0 Å². The van der Waals surface area contributed by atoms with Gasteiger partial charge in [-0.2, -0.15) is 0 Å². The summed E-state index contributed by atoms with van der Waals surface area (Å²) in [6.07, 6.45) is 5.89. The molecule has 0 spiro atoms. The molecular weight excluding hydrogens is 310 g/mol. The van der Waals surface area contributed by atoms with Crippen molar-refractivity contribution >= 4 is 37.5 Å². The summed E-state index contributed by atoms with van der Waals surface area (Å²) in [5.74, 6) is -0.110. The lowest BCUT2D eigenvalue weighted by molar-refractivity contribution is -0.122. The van der Waals surface area contributed by atoms with Crippen LogP contribution in [0.1, 0.15) is 25.7 Å². The minimum absolute atomic E-state index is 0.0342. The molecule has 118 valence electrons. The number of rotatable bonds is 3. The summed E-state index contributed by atoms with van der Waals surface area (Å²) in [5, 5.41) is 4.00. The number of carbonyl (C=O) groups excluding carboxylic acids is 1. The second kappa shape index (κ2) is 5.77. The smallest absolute Gasteiger partial charge is 0.271 e. The lowest BCUT2D eigenvalue weighted by Crippen LogP contribution is -2.37. The third kappa shape index (κ3) is 2.63. The fourth-order valence-corrected chi connectivity index (χ4v) is 4.33. The predicted molar refractivity (Wildman–Crippen MR) is 91.8 cm³/mol. The second-order valence-electron chi connectivity index (χ2n) is 6.00. The van der Waals surface area contributed by atoms with Gasteiger partial charge in [0.1, 0.15) is 11.2 Å². The Morgan fingerprint density at radius 2 is 2.09 bits per heavy atom. The summed E-state index contributed by atoms with van der Waals surface area (Å²) in [6.45, 7) is 0.0342. The van der Waals surface area contributed by atoms with Crippen molar-refractivity contribution in [1.29, 1.82) is 0 Å². The predicted octanol–water partition coefficient (Wildman–Crippen LogP) is 2.67. The second-order valence-corrected chi connectivity index (χ2v) is 7.05. The molecule has 1 N–H and O–H groups in total. The van der Waals surface area contributed by atoms with Crippen LogP contribution in [0.3, 0.4) is 0 Å². The Bertz CT molecular complexity index is 938. The average Bonchev–Trinajstić information content (AvgIpc) is 3.17. The van der Waals surface area contributed by atoms with Crippen LogP contribution in [0.5, 0.6) is 0 Å². The lowest BCUT2D eigenvalue weighted by atomic mass is 10.2. The molecule has 0 bridgehead atoms. The van der Waals surface area contributed by atoms with Gasteiger partial charge in [0.2, 0.25) is 5.91 Å². The highest BCUT2D eigenvalue weighted by Crippen LogP contribution is 2.29. The fraction of sp³-hybridized carbons (Fsp3) is 0.353. The van der Waals surface area contributed by atoms with E-state index in [9.17, 15) is 9.59 Å². The monoisotopic (exact) mass is 327 g/mol. The number of thiophene rings is 1. The molecule has 0 unspecified atom stereocenters. The molecule has 4 rings (SSSR count). The van der Waals surface area contributed by atoms with Crippen molar-refractivity contribution in [3.05, 3.63) is 40.9 Å². The molecule has 0 aliphatic heterocycles. The van der Waals surface area contributed by atoms with E-state index in [2.05, 4.69) is 10.3 Å². The summed E-state index contributed by atoms with van der Waals surface area (Å²) in [4.78, 5) is 29.2. The number of amides is 1. The van der Waals surface area contributed by atoms with Crippen LogP contribution in [0.25, 0.3) is 20.3 Å². The van der Waals surface area contributed by atoms with Gasteiger partial charge in [-0.1, -0.05) is 31.0 Å². The molecule has 0 atom stereocenters. The van der Waals surface area contributed by atoms with Gasteiger partial charge < -0.3 is 5.32 Å². The third-order valence-electron chi connectivity index (χ3n) is 4.38. The summed E-state index contributed by atoms with van der Waals surface area (Å²) in [5.41, 5.74) is 0.584. The number of aromatic nitrogens is 2. The standard InChI is InChI=1S/C17H17N3O2S/c21-14(19-11-5-1-2-6-11)9-20-10-18-15-12-7-3-4-8-13(12)23-16(15)17(20)22/h3-4,7-8,10-11H,1-2,5-6,9H2,(H,19,21). The number of nitrogens with zero attached hydrogens (tertiary/aromatic N) is 2. The molecule has 5 nitrogen and oxygen atoms in total. The zero-order valence-corrected chi connectivity index (χ0v) is 13.4. The maximum atomic E-state index is 12.6. The largest absolute Gasteiger partial charge is 0.352 e. The number of fused-ring (bicyclic) bond motifs is 3. The van der Waals surface area contributed by atoms with Gasteiger partial charge in [-0.3, -0.25) is 14.2 Å². The van der Waals surface area contributed by atoms with Crippen LogP contribution in [0.4, 0.5) is 0 Å². The van der Waals surface area contributed by atoms with Crippen molar-refractivity contribution < 1.29 is 4.79 Å². The van der Waals surface area contributed by atoms with Gasteiger partial charge in [-0.05, 0) is 18.9 Å². The lowest BCUT2D eigenvalue weighted by Gasteiger charge is -2.12. The van der Waals surface area contributed by atoms with E-state index < -0.39 is 0 Å². The topological polar surface area (TPSA) is 64.0 Å². The number of hydrogen-bond acceptors (Lipinski definition) is 4. The molecule has 0 saturated heterocycles. The normalized spacial score (nSPS) is 15.5. The molecule has 23 heavy (non-hydrogen) atoms. The minimum atomic E-state index is -0.141. The van der Waals surface area contributed by atoms with Gasteiger partial charge in [0.05, 0.1) is 11.8 Å². The summed E-state index contributed by atoms with van der Waals surface area (Å²) in [6, 6.07) is 8.11. The Kier molecular flexibility index (Phi) is 3.61. The highest BCUT2D eigenvalue weighted by Gasteiger charge is 2.18. The first-order valence-electron chi connectivity index (χ1n) is 7.88. The summed E-state index contributed by atoms with van der Waals surface area (Å²) < 4.78 is 3.06. The van der Waals surface area contributed by atoms with Gasteiger partial charge in [0, 0.05) is 16.1 Å². The summed E-state index contributed by atoms with van der Waals surface area (Å²) >= 11 is 1.43. The van der Waals surface area contributed by atoms with E-state index in [1.807, 2.05) is 24.3 Å². The first kappa shape index (κ1) is 14.4. The SMILES string of the molecule is O=C(Cn1cnc2c(sc3ccccc32)c1=O)NC1CCCC1. The Morgan fingerprint density at radius 3 is 2.91 bits per heavy atom. The highest BCUT2D eigenvalue weighted by atomic mass is 32.1. The van der Waals surface area contributed by atoms with Crippen molar-refractivity contribution in [2.45, 2.75) is 38.3 Å². The Balaban J connectivity index is 1.65. The number of carbonyl (C=O) groups is 1. The maximum absolute atomic E-state index is 12.6. The molecule has 1 aromatic carbocycles. The molecule has 1 aliphatic rings. The minimum Gasteiger partial charge on any atom is -0.352 e. The van der Waals surface area contributed by atoms with E-state index in [-0.39, 0.29) is 24.1 Å². The van der Waals surface area contributed by atoms with Gasteiger partial charge in [-0.25, -0.2) is 4.98 Å². The molecule has 1 saturated carbocycles. The van der Waals surface area contributed by atoms with Crippen molar-refractivity contribution in [1.82, 2.24) is 14.9 Å². The molecule has 1 amide bonds. The van der Waals surface area contributed by atoms with Gasteiger partial charge >= 0.3 is 0 Å². The molecule has 3 aromatic rings. The van der Waals surface area contributed by atoms with Crippen molar-refractivity contribution in [2.24, 2.45) is 0 Å². The van der Waals surface area contributed by atoms with E-state index in [0.29, 0.717) is 4.70 Å². The molecular formula is C17H17N3O2S. The molecule has 6 heteroatoms. The molecule has 0 radical (unpaired) electrons. The van der Waals surface area contributed by atoms with E-state index >= 15 is 0 Å². The zero-order chi connectivity index (χ0) is 15.8. The van der Waals surface area contributed by atoms with Gasteiger partial charge in [-0.15, -0.1) is 11.3 Å². The van der Waals surface area contributed by atoms with Crippen molar-refractivity contribution in [3.63, 3.8) is 0 Å². The van der Waals surface area contributed by atoms with Crippen LogP contribution in [-0.2, 0) is 11.3 Å². The van der Waals surface area contributed by atoms with Crippen molar-refractivity contribution in [2.75, 3.05) is 0 Å². The molecule has 1 fully saturated rings. The van der Waals surface area contributed by atoms with E-state index in [1.54, 1.807) is 0 Å². The van der Waals surface area contributed by atoms with Crippen LogP contribution < -0.4 is 10.9 Å². The number of hydrogen-bond donors (Lipinski definition) is 1. The first-order valence-corrected chi connectivity index (χ1v) is 8.70. The Morgan fingerprint density at radius 1 is 1.30 bits per heavy atom. The quantitative estimate of drug-likeness (QED) is 0.804. The first-order chi connectivity index (χ1) is 11.2. The van der Waals surface area contributed by atoms with E-state index in [0.717, 1.165) is 28.4 Å². The Labute approximate surface area is 137 Å². The fourth-order valence-electron chi connectivity index (χ4n) is 3.23. The maximum Gasteiger partial charge on any atom is 0.271 e. The third-order valence-corrected chi connectivity index (χ3v) is 5.53. The van der Waals surface area contributed by atoms with Crippen LogP contribution in [0, 0.1) is 0 Å². The highest BCUT2D eigenvalue weighted by molar-refractivity contribution is 7.25. The molecule has 1 aliphatic carbocycles. The number of nitrogens with one attached hydrogen (secondary N) is 1. The number of benzene rings is 1. The van der Waals surface area contributed by atoms with E-state index in [1.165, 1.54) is 35.1 Å². The van der Waals surface area contributed by atoms with Crippen LogP contribution in [0.15, 0.2) is 35.4 Å². The van der Waals surface area contributed by atoms with Crippen LogP contribution in [0.2, 0.25) is 0 Å². The van der Waals surface area contributed by atoms with Gasteiger partial charge in [0.15, 0.2) is 0 Å². The molecule has 2 heterocycles. The van der Waals surface area contributed by atoms with Gasteiger partial charge in [0.25, 0.3) is 5.56 Å². The molecule has 2 aromatic heterocycles.